The van der Waals surface area contributed by atoms with Gasteiger partial charge in [-0.2, -0.15) is 0 Å². The van der Waals surface area contributed by atoms with E-state index in [-0.39, 0.29) is 6.10 Å². The molecular weight excluding hydrogens is 354 g/mol. The van der Waals surface area contributed by atoms with Crippen LogP contribution in [0.4, 0.5) is 0 Å². The first-order chi connectivity index (χ1) is 13.8. The smallest absolute Gasteiger partial charge is 0.191 e. The summed E-state index contributed by atoms with van der Waals surface area (Å²) < 4.78 is 17.5. The molecule has 0 heterocycles. The standard InChI is InChI=1S/C22H35N3O3/c1-3-23-22(24-13-14-27-16-17-11-12-17)25-15-18-7-6-10-20(26-2)21(18)28-19-8-4-5-9-19/h6-7,10,17,19H,3-5,8-9,11-16H2,1-2H3,(H2,23,24,25). The molecule has 6 heteroatoms. The van der Waals surface area contributed by atoms with E-state index in [9.17, 15) is 0 Å². The lowest BCUT2D eigenvalue weighted by molar-refractivity contribution is 0.129. The highest BCUT2D eigenvalue weighted by atomic mass is 16.5. The number of ether oxygens (including phenoxy) is 3. The van der Waals surface area contributed by atoms with Gasteiger partial charge in [0.2, 0.25) is 0 Å². The van der Waals surface area contributed by atoms with Crippen molar-refractivity contribution in [3.8, 4) is 11.5 Å². The molecular formula is C22H35N3O3. The van der Waals surface area contributed by atoms with Crippen molar-refractivity contribution in [2.75, 3.05) is 33.4 Å². The van der Waals surface area contributed by atoms with Gasteiger partial charge in [-0.05, 0) is 57.4 Å². The predicted octanol–water partition coefficient (Wildman–Crippen LogP) is 3.50. The summed E-state index contributed by atoms with van der Waals surface area (Å²) in [6.45, 7) is 5.77. The Bertz CT molecular complexity index is 625. The first-order valence-corrected chi connectivity index (χ1v) is 10.7. The molecule has 6 nitrogen and oxygen atoms in total. The summed E-state index contributed by atoms with van der Waals surface area (Å²) in [7, 11) is 1.69. The minimum Gasteiger partial charge on any atom is -0.493 e. The average Bonchev–Trinajstić information content (AvgIpc) is 3.39. The highest BCUT2D eigenvalue weighted by Crippen LogP contribution is 2.35. The van der Waals surface area contributed by atoms with Crippen LogP contribution in [0.3, 0.4) is 0 Å². The molecule has 2 N–H and O–H groups in total. The first kappa shape index (κ1) is 20.8. The van der Waals surface area contributed by atoms with Crippen molar-refractivity contribution in [3.05, 3.63) is 23.8 Å². The Hall–Kier alpha value is -1.95. The maximum atomic E-state index is 6.31. The van der Waals surface area contributed by atoms with Gasteiger partial charge in [0, 0.05) is 25.3 Å². The van der Waals surface area contributed by atoms with Crippen LogP contribution in [-0.2, 0) is 11.3 Å². The van der Waals surface area contributed by atoms with Crippen molar-refractivity contribution in [2.24, 2.45) is 10.9 Å². The molecule has 0 atom stereocenters. The molecule has 28 heavy (non-hydrogen) atoms. The fraction of sp³-hybridized carbons (Fsp3) is 0.682. The van der Waals surface area contributed by atoms with Gasteiger partial charge in [0.15, 0.2) is 17.5 Å². The Morgan fingerprint density at radius 2 is 1.96 bits per heavy atom. The summed E-state index contributed by atoms with van der Waals surface area (Å²) in [6, 6.07) is 6.02. The van der Waals surface area contributed by atoms with E-state index in [2.05, 4.69) is 23.6 Å². The molecule has 1 aromatic rings. The lowest BCUT2D eigenvalue weighted by Gasteiger charge is -2.19. The van der Waals surface area contributed by atoms with E-state index in [0.717, 1.165) is 61.5 Å². The van der Waals surface area contributed by atoms with E-state index in [1.807, 2.05) is 12.1 Å². The summed E-state index contributed by atoms with van der Waals surface area (Å²) in [5.41, 5.74) is 1.05. The molecule has 156 valence electrons. The van der Waals surface area contributed by atoms with Gasteiger partial charge in [0.05, 0.1) is 26.4 Å². The average molecular weight is 390 g/mol. The first-order valence-electron chi connectivity index (χ1n) is 10.7. The molecule has 1 aromatic carbocycles. The van der Waals surface area contributed by atoms with E-state index in [0.29, 0.717) is 13.2 Å². The van der Waals surface area contributed by atoms with Gasteiger partial charge in [0.1, 0.15) is 0 Å². The van der Waals surface area contributed by atoms with Crippen molar-refractivity contribution in [1.29, 1.82) is 0 Å². The van der Waals surface area contributed by atoms with E-state index < -0.39 is 0 Å². The Morgan fingerprint density at radius 3 is 2.68 bits per heavy atom. The number of para-hydroxylation sites is 1. The van der Waals surface area contributed by atoms with Crippen LogP contribution in [0.5, 0.6) is 11.5 Å². The molecule has 0 aromatic heterocycles. The van der Waals surface area contributed by atoms with Gasteiger partial charge >= 0.3 is 0 Å². The summed E-state index contributed by atoms with van der Waals surface area (Å²) in [4.78, 5) is 4.74. The number of nitrogens with zero attached hydrogens (tertiary/aromatic N) is 1. The summed E-state index contributed by atoms with van der Waals surface area (Å²) in [5.74, 6) is 3.22. The van der Waals surface area contributed by atoms with Crippen LogP contribution in [0.15, 0.2) is 23.2 Å². The van der Waals surface area contributed by atoms with Crippen molar-refractivity contribution in [1.82, 2.24) is 10.6 Å². The normalized spacial score (nSPS) is 17.6. The van der Waals surface area contributed by atoms with E-state index in [1.54, 1.807) is 7.11 Å². The Balaban J connectivity index is 1.58. The largest absolute Gasteiger partial charge is 0.493 e. The van der Waals surface area contributed by atoms with Gasteiger partial charge in [0.25, 0.3) is 0 Å². The second-order valence-corrected chi connectivity index (χ2v) is 7.61. The van der Waals surface area contributed by atoms with Gasteiger partial charge < -0.3 is 24.8 Å². The second kappa shape index (κ2) is 11.1. The fourth-order valence-electron chi connectivity index (χ4n) is 3.44. The number of nitrogens with one attached hydrogen (secondary N) is 2. The van der Waals surface area contributed by atoms with Crippen LogP contribution in [0.2, 0.25) is 0 Å². The number of rotatable bonds is 11. The highest BCUT2D eigenvalue weighted by molar-refractivity contribution is 5.79. The molecule has 0 bridgehead atoms. The zero-order valence-electron chi connectivity index (χ0n) is 17.3. The zero-order valence-corrected chi connectivity index (χ0v) is 17.3. The predicted molar refractivity (Wildman–Crippen MR) is 112 cm³/mol. The molecule has 0 aliphatic heterocycles. The van der Waals surface area contributed by atoms with Crippen LogP contribution in [0.1, 0.15) is 51.0 Å². The number of hydrogen-bond donors (Lipinski definition) is 2. The van der Waals surface area contributed by atoms with E-state index in [1.165, 1.54) is 25.7 Å². The molecule has 0 unspecified atom stereocenters. The van der Waals surface area contributed by atoms with Crippen LogP contribution >= 0.6 is 0 Å². The van der Waals surface area contributed by atoms with Gasteiger partial charge in [-0.3, -0.25) is 0 Å². The molecule has 0 saturated heterocycles. The van der Waals surface area contributed by atoms with E-state index in [4.69, 9.17) is 19.2 Å². The molecule has 2 saturated carbocycles. The SMILES string of the molecule is CCNC(=NCc1cccc(OC)c1OC1CCCC1)NCCOCC1CC1. The van der Waals surface area contributed by atoms with Gasteiger partial charge in [-0.1, -0.05) is 12.1 Å². The quantitative estimate of drug-likeness (QED) is 0.345. The van der Waals surface area contributed by atoms with Crippen molar-refractivity contribution < 1.29 is 14.2 Å². The Morgan fingerprint density at radius 1 is 1.14 bits per heavy atom. The Labute approximate surface area is 169 Å². The third kappa shape index (κ3) is 6.59. The van der Waals surface area contributed by atoms with Crippen molar-refractivity contribution in [2.45, 2.75) is 58.1 Å². The molecule has 2 aliphatic carbocycles. The third-order valence-electron chi connectivity index (χ3n) is 5.21. The topological polar surface area (TPSA) is 64.1 Å². The summed E-state index contributed by atoms with van der Waals surface area (Å²) in [6.07, 6.45) is 7.65. The molecule has 0 spiro atoms. The Kier molecular flexibility index (Phi) is 8.27. The molecule has 2 aliphatic rings. The van der Waals surface area contributed by atoms with Crippen molar-refractivity contribution >= 4 is 5.96 Å². The monoisotopic (exact) mass is 389 g/mol. The highest BCUT2D eigenvalue weighted by Gasteiger charge is 2.21. The number of benzene rings is 1. The minimum absolute atomic E-state index is 0.286. The maximum absolute atomic E-state index is 6.31. The number of methoxy groups -OCH3 is 1. The number of aliphatic imine (C=N–C) groups is 1. The maximum Gasteiger partial charge on any atom is 0.191 e. The summed E-state index contributed by atoms with van der Waals surface area (Å²) >= 11 is 0. The number of hydrogen-bond acceptors (Lipinski definition) is 4. The van der Waals surface area contributed by atoms with Crippen LogP contribution in [-0.4, -0.2) is 45.5 Å². The minimum atomic E-state index is 0.286. The second-order valence-electron chi connectivity index (χ2n) is 7.61. The summed E-state index contributed by atoms with van der Waals surface area (Å²) in [5, 5.41) is 6.65. The lowest BCUT2D eigenvalue weighted by atomic mass is 10.1. The number of guanidine groups is 1. The molecule has 2 fully saturated rings. The third-order valence-corrected chi connectivity index (χ3v) is 5.21. The van der Waals surface area contributed by atoms with Crippen LogP contribution < -0.4 is 20.1 Å². The van der Waals surface area contributed by atoms with E-state index >= 15 is 0 Å². The molecule has 3 rings (SSSR count). The van der Waals surface area contributed by atoms with Crippen LogP contribution in [0.25, 0.3) is 0 Å². The fourth-order valence-corrected chi connectivity index (χ4v) is 3.44. The van der Waals surface area contributed by atoms with Crippen LogP contribution in [0, 0.1) is 5.92 Å². The van der Waals surface area contributed by atoms with Gasteiger partial charge in [-0.25, -0.2) is 4.99 Å². The lowest BCUT2D eigenvalue weighted by Crippen LogP contribution is -2.39. The van der Waals surface area contributed by atoms with Gasteiger partial charge in [-0.15, -0.1) is 0 Å². The molecule has 0 amide bonds. The zero-order chi connectivity index (χ0) is 19.6. The van der Waals surface area contributed by atoms with Crippen molar-refractivity contribution in [3.63, 3.8) is 0 Å². The molecule has 0 radical (unpaired) electrons.